The van der Waals surface area contributed by atoms with Gasteiger partial charge in [-0.25, -0.2) is 9.78 Å². The molecule has 0 fully saturated rings. The van der Waals surface area contributed by atoms with Crippen LogP contribution in [0.1, 0.15) is 31.5 Å². The van der Waals surface area contributed by atoms with Crippen LogP contribution in [0.25, 0.3) is 11.5 Å². The Kier molecular flexibility index (Phi) is 6.37. The summed E-state index contributed by atoms with van der Waals surface area (Å²) >= 11 is 0. The van der Waals surface area contributed by atoms with Crippen LogP contribution in [0.3, 0.4) is 0 Å². The minimum Gasteiger partial charge on any atom is -0.444 e. The molecular formula is C18H25N3O3. The van der Waals surface area contributed by atoms with Crippen molar-refractivity contribution < 1.29 is 14.3 Å². The fraction of sp³-hybridized carbons (Fsp3) is 0.444. The zero-order valence-electron chi connectivity index (χ0n) is 14.4. The van der Waals surface area contributed by atoms with Gasteiger partial charge in [0, 0.05) is 5.56 Å². The Labute approximate surface area is 142 Å². The predicted octanol–water partition coefficient (Wildman–Crippen LogP) is 2.86. The van der Waals surface area contributed by atoms with Gasteiger partial charge in [-0.3, -0.25) is 0 Å². The largest absolute Gasteiger partial charge is 0.444 e. The first-order valence-electron chi connectivity index (χ1n) is 8.14. The number of nitrogens with zero attached hydrogens (tertiary/aromatic N) is 1. The van der Waals surface area contributed by atoms with E-state index in [-0.39, 0.29) is 25.2 Å². The zero-order chi connectivity index (χ0) is 17.5. The molecule has 1 unspecified atom stereocenters. The summed E-state index contributed by atoms with van der Waals surface area (Å²) in [5.74, 6) is 0.926. The first kappa shape index (κ1) is 18.0. The van der Waals surface area contributed by atoms with Crippen molar-refractivity contribution in [2.24, 2.45) is 5.92 Å². The lowest BCUT2D eigenvalue weighted by molar-refractivity contribution is 0.206. The molecule has 1 aromatic heterocycles. The summed E-state index contributed by atoms with van der Waals surface area (Å²) in [4.78, 5) is 16.3. The van der Waals surface area contributed by atoms with Crippen molar-refractivity contribution in [3.8, 4) is 11.5 Å². The number of aliphatic hydroxyl groups excluding tert-OH is 1. The molecule has 130 valence electrons. The lowest BCUT2D eigenvalue weighted by atomic mass is 10.0. The number of oxazole rings is 1. The molecule has 0 saturated heterocycles. The standard InChI is InChI=1S/C18H25N3O3/c1-12(2)8-15(10-22)21-18(23)19-9-16-11-24-17(20-16)14-6-4-13(3)5-7-14/h4-7,11-12,15,22H,8-10H2,1-3H3,(H2,19,21,23). The van der Waals surface area contributed by atoms with Crippen LogP contribution >= 0.6 is 0 Å². The fourth-order valence-corrected chi connectivity index (χ4v) is 2.37. The molecule has 1 aromatic carbocycles. The van der Waals surface area contributed by atoms with E-state index in [1.807, 2.05) is 45.0 Å². The molecule has 3 N–H and O–H groups in total. The predicted molar refractivity (Wildman–Crippen MR) is 92.4 cm³/mol. The molecule has 6 heteroatoms. The number of hydrogen-bond donors (Lipinski definition) is 3. The Morgan fingerprint density at radius 3 is 2.62 bits per heavy atom. The van der Waals surface area contributed by atoms with E-state index >= 15 is 0 Å². The molecule has 0 saturated carbocycles. The van der Waals surface area contributed by atoms with E-state index in [2.05, 4.69) is 15.6 Å². The number of aromatic nitrogens is 1. The number of carbonyl (C=O) groups excluding carboxylic acids is 1. The molecule has 2 rings (SSSR count). The average Bonchev–Trinajstić information content (AvgIpc) is 3.01. The third kappa shape index (κ3) is 5.38. The number of urea groups is 1. The quantitative estimate of drug-likeness (QED) is 0.728. The highest BCUT2D eigenvalue weighted by Crippen LogP contribution is 2.18. The van der Waals surface area contributed by atoms with Crippen molar-refractivity contribution in [2.45, 2.75) is 39.8 Å². The van der Waals surface area contributed by atoms with Gasteiger partial charge in [0.1, 0.15) is 6.26 Å². The van der Waals surface area contributed by atoms with Gasteiger partial charge < -0.3 is 20.2 Å². The molecule has 0 spiro atoms. The Morgan fingerprint density at radius 2 is 2.00 bits per heavy atom. The summed E-state index contributed by atoms with van der Waals surface area (Å²) in [6.45, 7) is 6.30. The van der Waals surface area contributed by atoms with Crippen molar-refractivity contribution in [3.05, 3.63) is 41.8 Å². The molecule has 6 nitrogen and oxygen atoms in total. The summed E-state index contributed by atoms with van der Waals surface area (Å²) in [6, 6.07) is 7.31. The van der Waals surface area contributed by atoms with Crippen molar-refractivity contribution in [1.29, 1.82) is 0 Å². The van der Waals surface area contributed by atoms with E-state index in [1.165, 1.54) is 11.8 Å². The van der Waals surface area contributed by atoms with Crippen LogP contribution < -0.4 is 10.6 Å². The molecule has 24 heavy (non-hydrogen) atoms. The first-order valence-corrected chi connectivity index (χ1v) is 8.14. The molecular weight excluding hydrogens is 306 g/mol. The van der Waals surface area contributed by atoms with Crippen molar-refractivity contribution in [1.82, 2.24) is 15.6 Å². The molecule has 2 aromatic rings. The number of benzene rings is 1. The minimum atomic E-state index is -0.324. The zero-order valence-corrected chi connectivity index (χ0v) is 14.4. The van der Waals surface area contributed by atoms with Crippen LogP contribution in [0, 0.1) is 12.8 Å². The maximum atomic E-state index is 11.9. The first-order chi connectivity index (χ1) is 11.5. The summed E-state index contributed by atoms with van der Waals surface area (Å²) in [5.41, 5.74) is 2.71. The molecule has 2 amide bonds. The van der Waals surface area contributed by atoms with E-state index in [0.717, 1.165) is 12.0 Å². The van der Waals surface area contributed by atoms with Gasteiger partial charge >= 0.3 is 6.03 Å². The SMILES string of the molecule is Cc1ccc(-c2nc(CNC(=O)NC(CO)CC(C)C)co2)cc1. The molecule has 0 aliphatic carbocycles. The van der Waals surface area contributed by atoms with Crippen molar-refractivity contribution >= 4 is 6.03 Å². The lowest BCUT2D eigenvalue weighted by Gasteiger charge is -2.18. The van der Waals surface area contributed by atoms with E-state index in [0.29, 0.717) is 17.5 Å². The van der Waals surface area contributed by atoms with E-state index in [1.54, 1.807) is 0 Å². The maximum Gasteiger partial charge on any atom is 0.315 e. The normalized spacial score (nSPS) is 12.2. The Hall–Kier alpha value is -2.34. The van der Waals surface area contributed by atoms with Gasteiger partial charge in [-0.05, 0) is 31.4 Å². The molecule has 1 atom stereocenters. The van der Waals surface area contributed by atoms with Crippen molar-refractivity contribution in [3.63, 3.8) is 0 Å². The van der Waals surface area contributed by atoms with Gasteiger partial charge in [0.2, 0.25) is 5.89 Å². The Bertz CT molecular complexity index is 650. The summed E-state index contributed by atoms with van der Waals surface area (Å²) in [7, 11) is 0. The summed E-state index contributed by atoms with van der Waals surface area (Å²) < 4.78 is 5.45. The third-order valence-electron chi connectivity index (χ3n) is 3.59. The molecule has 0 aliphatic rings. The number of aryl methyl sites for hydroxylation is 1. The molecule has 0 radical (unpaired) electrons. The number of nitrogens with one attached hydrogen (secondary N) is 2. The number of rotatable bonds is 7. The second kappa shape index (κ2) is 8.49. The highest BCUT2D eigenvalue weighted by Gasteiger charge is 2.13. The Balaban J connectivity index is 1.86. The second-order valence-electron chi connectivity index (χ2n) is 6.35. The van der Waals surface area contributed by atoms with Gasteiger partial charge in [-0.1, -0.05) is 31.5 Å². The number of hydrogen-bond acceptors (Lipinski definition) is 4. The number of carbonyl (C=O) groups is 1. The van der Waals surface area contributed by atoms with Gasteiger partial charge in [0.25, 0.3) is 0 Å². The van der Waals surface area contributed by atoms with Crippen LogP contribution in [0.4, 0.5) is 4.79 Å². The molecule has 0 aliphatic heterocycles. The lowest BCUT2D eigenvalue weighted by Crippen LogP contribution is -2.44. The number of aliphatic hydroxyl groups is 1. The monoisotopic (exact) mass is 331 g/mol. The smallest absolute Gasteiger partial charge is 0.315 e. The minimum absolute atomic E-state index is 0.0763. The van der Waals surface area contributed by atoms with E-state index in [9.17, 15) is 9.90 Å². The molecule has 0 bridgehead atoms. The summed E-state index contributed by atoms with van der Waals surface area (Å²) in [5, 5.41) is 14.8. The highest BCUT2D eigenvalue weighted by molar-refractivity contribution is 5.74. The fourth-order valence-electron chi connectivity index (χ4n) is 2.37. The topological polar surface area (TPSA) is 87.4 Å². The van der Waals surface area contributed by atoms with Crippen LogP contribution in [0.2, 0.25) is 0 Å². The summed E-state index contributed by atoms with van der Waals surface area (Å²) in [6.07, 6.45) is 2.26. The second-order valence-corrected chi connectivity index (χ2v) is 6.35. The average molecular weight is 331 g/mol. The number of amides is 2. The van der Waals surface area contributed by atoms with E-state index < -0.39 is 0 Å². The third-order valence-corrected chi connectivity index (χ3v) is 3.59. The molecule has 1 heterocycles. The van der Waals surface area contributed by atoms with Gasteiger partial charge in [-0.2, -0.15) is 0 Å². The van der Waals surface area contributed by atoms with Gasteiger partial charge in [0.05, 0.1) is 24.9 Å². The van der Waals surface area contributed by atoms with Crippen LogP contribution in [-0.4, -0.2) is 28.8 Å². The van der Waals surface area contributed by atoms with Gasteiger partial charge in [-0.15, -0.1) is 0 Å². The van der Waals surface area contributed by atoms with E-state index in [4.69, 9.17) is 4.42 Å². The maximum absolute atomic E-state index is 11.9. The Morgan fingerprint density at radius 1 is 1.29 bits per heavy atom. The van der Waals surface area contributed by atoms with Crippen molar-refractivity contribution in [2.75, 3.05) is 6.61 Å². The highest BCUT2D eigenvalue weighted by atomic mass is 16.3. The van der Waals surface area contributed by atoms with Gasteiger partial charge in [0.15, 0.2) is 0 Å². The van der Waals surface area contributed by atoms with Crippen LogP contribution in [-0.2, 0) is 6.54 Å². The van der Waals surface area contributed by atoms with Crippen LogP contribution in [0.15, 0.2) is 34.9 Å². The van der Waals surface area contributed by atoms with Crippen LogP contribution in [0.5, 0.6) is 0 Å².